The van der Waals surface area contributed by atoms with Gasteiger partial charge in [-0.25, -0.2) is 0 Å². The van der Waals surface area contributed by atoms with Crippen molar-refractivity contribution in [1.29, 1.82) is 0 Å². The van der Waals surface area contributed by atoms with Crippen LogP contribution in [-0.2, 0) is 0 Å². The highest BCUT2D eigenvalue weighted by atomic mass is 15.0. The first-order valence-corrected chi connectivity index (χ1v) is 20.4. The van der Waals surface area contributed by atoms with Crippen LogP contribution in [0, 0.1) is 0 Å². The van der Waals surface area contributed by atoms with E-state index in [4.69, 9.17) is 4.98 Å². The first kappa shape index (κ1) is 32.3. The lowest BCUT2D eigenvalue weighted by molar-refractivity contribution is 0.437. The van der Waals surface area contributed by atoms with Gasteiger partial charge in [0.25, 0.3) is 0 Å². The van der Waals surface area contributed by atoms with Crippen LogP contribution in [-0.4, -0.2) is 18.7 Å². The van der Waals surface area contributed by atoms with Crippen molar-refractivity contribution in [3.63, 3.8) is 0 Å². The highest BCUT2D eigenvalue weighted by Crippen LogP contribution is 2.41. The third kappa shape index (κ3) is 5.03. The van der Waals surface area contributed by atoms with Gasteiger partial charge in [0.1, 0.15) is 0 Å². The zero-order chi connectivity index (χ0) is 37.5. The minimum atomic E-state index is 0.529. The lowest BCUT2D eigenvalue weighted by Crippen LogP contribution is -2.06. The van der Waals surface area contributed by atoms with Crippen molar-refractivity contribution in [2.24, 2.45) is 0 Å². The Kier molecular flexibility index (Phi) is 7.28. The molecular formula is C53H40N4. The quantitative estimate of drug-likeness (QED) is 0.173. The van der Waals surface area contributed by atoms with Gasteiger partial charge < -0.3 is 13.7 Å². The summed E-state index contributed by atoms with van der Waals surface area (Å²) < 4.78 is 7.28. The highest BCUT2D eigenvalue weighted by molar-refractivity contribution is 6.14. The number of rotatable bonds is 5. The summed E-state index contributed by atoms with van der Waals surface area (Å²) in [5.41, 5.74) is 15.3. The molecular weight excluding hydrogens is 693 g/mol. The Morgan fingerprint density at radius 3 is 1.54 bits per heavy atom. The van der Waals surface area contributed by atoms with Gasteiger partial charge in [0.05, 0.1) is 38.6 Å². The second-order valence-electron chi connectivity index (χ2n) is 15.8. The van der Waals surface area contributed by atoms with Gasteiger partial charge in [0, 0.05) is 55.6 Å². The van der Waals surface area contributed by atoms with Gasteiger partial charge in [-0.15, -0.1) is 0 Å². The van der Waals surface area contributed by atoms with Crippen molar-refractivity contribution < 1.29 is 0 Å². The number of pyridine rings is 1. The molecule has 0 radical (unpaired) electrons. The van der Waals surface area contributed by atoms with Crippen LogP contribution in [0.1, 0.15) is 43.7 Å². The Morgan fingerprint density at radius 1 is 0.351 bits per heavy atom. The van der Waals surface area contributed by atoms with E-state index in [9.17, 15) is 0 Å². The van der Waals surface area contributed by atoms with Crippen LogP contribution in [0.15, 0.2) is 176 Å². The number of aromatic nitrogens is 4. The molecule has 0 unspecified atom stereocenters. The molecule has 0 saturated heterocycles. The summed E-state index contributed by atoms with van der Waals surface area (Å²) in [4.78, 5) is 5.52. The molecule has 4 heterocycles. The average molecular weight is 733 g/mol. The molecule has 57 heavy (non-hydrogen) atoms. The van der Waals surface area contributed by atoms with E-state index in [0.717, 1.165) is 28.1 Å². The fraction of sp³-hybridized carbons (Fsp3) is 0.113. The molecule has 0 atom stereocenters. The Hall–Kier alpha value is -6.91. The SMILES string of the molecule is c1ccc(-c2ccc3c(c2)c2cc(-n4c5ccccc5c5ccccc54)ccc2n3-c2ccc3c(c2)c2nc(C4CCCCC4)ccc2n3-c2ccccc2)cc1. The van der Waals surface area contributed by atoms with E-state index in [0.29, 0.717) is 5.92 Å². The normalized spacial score (nSPS) is 13.9. The van der Waals surface area contributed by atoms with E-state index in [1.54, 1.807) is 0 Å². The fourth-order valence-corrected chi connectivity index (χ4v) is 9.94. The van der Waals surface area contributed by atoms with Crippen molar-refractivity contribution in [2.45, 2.75) is 38.0 Å². The smallest absolute Gasteiger partial charge is 0.0967 e. The Morgan fingerprint density at radius 2 is 0.860 bits per heavy atom. The Bertz CT molecular complexity index is 3270. The first-order valence-electron chi connectivity index (χ1n) is 20.4. The van der Waals surface area contributed by atoms with Crippen LogP contribution in [0.3, 0.4) is 0 Å². The van der Waals surface area contributed by atoms with Crippen molar-refractivity contribution in [3.05, 3.63) is 182 Å². The summed E-state index contributed by atoms with van der Waals surface area (Å²) in [7, 11) is 0. The predicted molar refractivity (Wildman–Crippen MR) is 239 cm³/mol. The van der Waals surface area contributed by atoms with Gasteiger partial charge in [0.15, 0.2) is 0 Å². The predicted octanol–water partition coefficient (Wildman–Crippen LogP) is 14.1. The van der Waals surface area contributed by atoms with Crippen LogP contribution in [0.5, 0.6) is 0 Å². The number of para-hydroxylation sites is 3. The molecule has 12 rings (SSSR count). The van der Waals surface area contributed by atoms with E-state index < -0.39 is 0 Å². The number of hydrogen-bond donors (Lipinski definition) is 0. The van der Waals surface area contributed by atoms with Crippen molar-refractivity contribution in [1.82, 2.24) is 18.7 Å². The average Bonchev–Trinajstić information content (AvgIpc) is 3.92. The van der Waals surface area contributed by atoms with Crippen LogP contribution in [0.25, 0.3) is 93.7 Å². The molecule has 0 spiro atoms. The maximum absolute atomic E-state index is 5.52. The van der Waals surface area contributed by atoms with E-state index in [1.165, 1.54) is 103 Å². The summed E-state index contributed by atoms with van der Waals surface area (Å²) in [5, 5.41) is 6.18. The third-order valence-corrected chi connectivity index (χ3v) is 12.6. The standard InChI is InChI=1S/C53H40N4/c1-4-14-35(15-5-1)37-24-28-49-43(32-37)44-33-39(56-47-22-12-10-20-41(47)42-21-11-13-23-48(42)56)25-29-50(44)57(49)40-26-30-51-45(34-40)53-52(55(51)38-18-8-3-9-19-38)31-27-46(54-53)36-16-6-2-7-17-36/h1,3-5,8-15,18-34,36H,2,6-7,16-17H2. The maximum Gasteiger partial charge on any atom is 0.0967 e. The van der Waals surface area contributed by atoms with Gasteiger partial charge >= 0.3 is 0 Å². The molecule has 0 amide bonds. The topological polar surface area (TPSA) is 27.7 Å². The van der Waals surface area contributed by atoms with Crippen LogP contribution in [0.4, 0.5) is 0 Å². The van der Waals surface area contributed by atoms with E-state index in [1.807, 2.05) is 0 Å². The van der Waals surface area contributed by atoms with E-state index >= 15 is 0 Å². The second-order valence-corrected chi connectivity index (χ2v) is 15.8. The molecule has 1 saturated carbocycles. The van der Waals surface area contributed by atoms with Crippen LogP contribution in [0.2, 0.25) is 0 Å². The summed E-state index contributed by atoms with van der Waals surface area (Å²) >= 11 is 0. The molecule has 1 fully saturated rings. The largest absolute Gasteiger partial charge is 0.309 e. The van der Waals surface area contributed by atoms with Crippen molar-refractivity contribution in [2.75, 3.05) is 0 Å². The van der Waals surface area contributed by atoms with Crippen LogP contribution < -0.4 is 0 Å². The van der Waals surface area contributed by atoms with E-state index in [-0.39, 0.29) is 0 Å². The zero-order valence-corrected chi connectivity index (χ0v) is 31.6. The van der Waals surface area contributed by atoms with Crippen LogP contribution >= 0.6 is 0 Å². The molecule has 7 aromatic carbocycles. The molecule has 11 aromatic rings. The Balaban J connectivity index is 1.12. The molecule has 0 N–H and O–H groups in total. The fourth-order valence-electron chi connectivity index (χ4n) is 9.94. The highest BCUT2D eigenvalue weighted by Gasteiger charge is 2.22. The summed E-state index contributed by atoms with van der Waals surface area (Å²) in [6.45, 7) is 0. The maximum atomic E-state index is 5.52. The third-order valence-electron chi connectivity index (χ3n) is 12.6. The minimum Gasteiger partial charge on any atom is -0.309 e. The van der Waals surface area contributed by atoms with Gasteiger partial charge in [0.2, 0.25) is 0 Å². The number of hydrogen-bond acceptors (Lipinski definition) is 1. The molecule has 4 nitrogen and oxygen atoms in total. The monoisotopic (exact) mass is 732 g/mol. The lowest BCUT2D eigenvalue weighted by atomic mass is 9.86. The van der Waals surface area contributed by atoms with Gasteiger partial charge in [-0.3, -0.25) is 4.98 Å². The molecule has 4 aromatic heterocycles. The molecule has 1 aliphatic carbocycles. The van der Waals surface area contributed by atoms with E-state index in [2.05, 4.69) is 190 Å². The molecule has 0 aliphatic heterocycles. The molecule has 4 heteroatoms. The van der Waals surface area contributed by atoms with Gasteiger partial charge in [-0.05, 0) is 109 Å². The minimum absolute atomic E-state index is 0.529. The number of nitrogens with zero attached hydrogens (tertiary/aromatic N) is 4. The van der Waals surface area contributed by atoms with Gasteiger partial charge in [-0.1, -0.05) is 110 Å². The first-order chi connectivity index (χ1) is 28.3. The molecule has 1 aliphatic rings. The second kappa shape index (κ2) is 12.8. The van der Waals surface area contributed by atoms with Crippen molar-refractivity contribution >= 4 is 65.5 Å². The summed E-state index contributed by atoms with van der Waals surface area (Å²) in [5.74, 6) is 0.529. The number of fused-ring (bicyclic) bond motifs is 9. The zero-order valence-electron chi connectivity index (χ0n) is 31.6. The van der Waals surface area contributed by atoms with Gasteiger partial charge in [-0.2, -0.15) is 0 Å². The van der Waals surface area contributed by atoms with Crippen molar-refractivity contribution in [3.8, 4) is 28.2 Å². The summed E-state index contributed by atoms with van der Waals surface area (Å²) in [6, 6.07) is 64.6. The summed E-state index contributed by atoms with van der Waals surface area (Å²) in [6.07, 6.45) is 6.37. The lowest BCUT2D eigenvalue weighted by Gasteiger charge is -2.21. The molecule has 0 bridgehead atoms. The Labute approximate surface area is 330 Å². The number of benzene rings is 7. The molecule has 272 valence electrons.